The summed E-state index contributed by atoms with van der Waals surface area (Å²) in [5.74, 6) is -0.834. The van der Waals surface area contributed by atoms with Crippen molar-refractivity contribution in [3.05, 3.63) is 137 Å². The Morgan fingerprint density at radius 2 is 0.929 bits per heavy atom. The van der Waals surface area contributed by atoms with E-state index in [1.54, 1.807) is 18.2 Å². The van der Waals surface area contributed by atoms with E-state index >= 15 is 0 Å². The molecule has 0 saturated carbocycles. The number of carbonyl (C=O) groups excluding carboxylic acids is 4. The minimum absolute atomic E-state index is 0.0231. The van der Waals surface area contributed by atoms with E-state index in [0.717, 1.165) is 32.0 Å². The molecule has 12 heteroatoms. The number of Topliss-reactive ketones (excluding diaryl/α,β-unsaturated/α-hetero) is 4. The number of carbonyl (C=O) groups is 4. The van der Waals surface area contributed by atoms with Crippen LogP contribution in [0.5, 0.6) is 11.5 Å². The number of fused-ring (bicyclic) bond motifs is 8. The Hall–Kier alpha value is -7.22. The van der Waals surface area contributed by atoms with Crippen molar-refractivity contribution in [2.24, 2.45) is 0 Å². The number of thiophene rings is 2. The summed E-state index contributed by atoms with van der Waals surface area (Å²) in [6.07, 6.45) is 3.08. The Labute approximate surface area is 327 Å². The fraction of sp³-hybridized carbons (Fsp3) is 0.136. The smallest absolute Gasteiger partial charge is 0.197 e. The van der Waals surface area contributed by atoms with Gasteiger partial charge in [0.2, 0.25) is 0 Å². The number of nitrogens with zero attached hydrogens (tertiary/aromatic N) is 4. The molecule has 0 saturated heterocycles. The molecule has 4 heterocycles. The molecule has 10 nitrogen and oxygen atoms in total. The Morgan fingerprint density at radius 3 is 1.27 bits per heavy atom. The maximum absolute atomic E-state index is 13.4. The van der Waals surface area contributed by atoms with Gasteiger partial charge in [0.05, 0.1) is 45.2 Å². The number of allylic oxidation sites excluding steroid dienone is 2. The van der Waals surface area contributed by atoms with Crippen LogP contribution in [-0.4, -0.2) is 23.1 Å². The van der Waals surface area contributed by atoms with Gasteiger partial charge in [0, 0.05) is 54.3 Å². The molecule has 0 unspecified atom stereocenters. The van der Waals surface area contributed by atoms with Crippen molar-refractivity contribution in [2.45, 2.75) is 38.9 Å². The van der Waals surface area contributed by atoms with Gasteiger partial charge in [-0.05, 0) is 76.2 Å². The molecule has 9 rings (SSSR count). The first-order valence-corrected chi connectivity index (χ1v) is 18.7. The number of ether oxygens (including phenoxy) is 2. The highest BCUT2D eigenvalue weighted by molar-refractivity contribution is 7.17. The lowest BCUT2D eigenvalue weighted by molar-refractivity contribution is 0.0975. The molecule has 2 aliphatic carbocycles. The first-order chi connectivity index (χ1) is 26.7. The zero-order valence-corrected chi connectivity index (χ0v) is 31.5. The first kappa shape index (κ1) is 34.5. The van der Waals surface area contributed by atoms with E-state index in [4.69, 9.17) is 22.6 Å². The Balaban J connectivity index is 1.11. The van der Waals surface area contributed by atoms with Gasteiger partial charge < -0.3 is 9.47 Å². The fourth-order valence-electron chi connectivity index (χ4n) is 7.71. The predicted molar refractivity (Wildman–Crippen MR) is 208 cm³/mol. The van der Waals surface area contributed by atoms with Crippen LogP contribution in [0.3, 0.4) is 0 Å². The van der Waals surface area contributed by atoms with Crippen molar-refractivity contribution in [1.82, 2.24) is 0 Å². The number of hydrogen-bond donors (Lipinski definition) is 0. The van der Waals surface area contributed by atoms with Crippen LogP contribution in [0, 0.1) is 35.8 Å². The normalized spacial score (nSPS) is 16.1. The maximum atomic E-state index is 13.4. The Kier molecular flexibility index (Phi) is 7.18. The van der Waals surface area contributed by atoms with Gasteiger partial charge in [-0.25, -0.2) is 0 Å². The van der Waals surface area contributed by atoms with E-state index in [2.05, 4.69) is 21.8 Å². The zero-order chi connectivity index (χ0) is 39.6. The van der Waals surface area contributed by atoms with Crippen LogP contribution >= 0.6 is 22.7 Å². The molecule has 0 spiro atoms. The van der Waals surface area contributed by atoms with E-state index in [1.165, 1.54) is 53.0 Å². The molecule has 0 radical (unpaired) electrons. The minimum atomic E-state index is -0.799. The van der Waals surface area contributed by atoms with Gasteiger partial charge in [0.25, 0.3) is 0 Å². The summed E-state index contributed by atoms with van der Waals surface area (Å²) in [6, 6.07) is 16.8. The van der Waals surface area contributed by atoms with Crippen molar-refractivity contribution >= 4 is 69.3 Å². The molecule has 0 N–H and O–H groups in total. The Morgan fingerprint density at radius 1 is 0.571 bits per heavy atom. The van der Waals surface area contributed by atoms with Gasteiger partial charge in [-0.15, -0.1) is 22.7 Å². The summed E-state index contributed by atoms with van der Waals surface area (Å²) in [5, 5.41) is 18.9. The van der Waals surface area contributed by atoms with Gasteiger partial charge in [0.15, 0.2) is 34.5 Å². The molecule has 2 aromatic heterocycles. The van der Waals surface area contributed by atoms with Crippen LogP contribution in [-0.2, 0) is 11.2 Å². The zero-order valence-electron chi connectivity index (χ0n) is 29.8. The summed E-state index contributed by atoms with van der Waals surface area (Å²) in [6.45, 7) is 22.6. The second-order valence-electron chi connectivity index (χ2n) is 14.6. The van der Waals surface area contributed by atoms with Crippen molar-refractivity contribution in [3.8, 4) is 44.5 Å². The number of benzene rings is 3. The molecule has 0 bridgehead atoms. The highest BCUT2D eigenvalue weighted by Crippen LogP contribution is 2.56. The molecule has 266 valence electrons. The third-order valence-electron chi connectivity index (χ3n) is 10.4. The minimum Gasteiger partial charge on any atom is -0.482 e. The van der Waals surface area contributed by atoms with E-state index in [-0.39, 0.29) is 55.9 Å². The number of rotatable bonds is 2. The molecule has 0 amide bonds. The molecule has 0 fully saturated rings. The predicted octanol–water partition coefficient (Wildman–Crippen LogP) is 10.2. The molecule has 4 aliphatic rings. The maximum Gasteiger partial charge on any atom is 0.197 e. The van der Waals surface area contributed by atoms with E-state index < -0.39 is 34.3 Å². The van der Waals surface area contributed by atoms with Crippen LogP contribution in [0.4, 0.5) is 11.4 Å². The molecule has 0 atom stereocenters. The summed E-state index contributed by atoms with van der Waals surface area (Å²) in [5.41, 5.74) is 2.45. The molecule has 3 aromatic carbocycles. The van der Waals surface area contributed by atoms with Gasteiger partial charge in [-0.1, -0.05) is 12.1 Å². The van der Waals surface area contributed by atoms with E-state index in [0.29, 0.717) is 21.3 Å². The van der Waals surface area contributed by atoms with Crippen LogP contribution in [0.25, 0.3) is 42.7 Å². The second kappa shape index (κ2) is 11.6. The van der Waals surface area contributed by atoms with E-state index in [1.807, 2.05) is 39.8 Å². The summed E-state index contributed by atoms with van der Waals surface area (Å²) in [4.78, 5) is 63.2. The van der Waals surface area contributed by atoms with Crippen LogP contribution < -0.4 is 9.47 Å². The topological polar surface area (TPSA) is 143 Å². The fourth-order valence-corrected chi connectivity index (χ4v) is 9.83. The van der Waals surface area contributed by atoms with Crippen molar-refractivity contribution in [1.29, 1.82) is 10.5 Å². The summed E-state index contributed by atoms with van der Waals surface area (Å²) < 4.78 is 13.1. The van der Waals surface area contributed by atoms with Crippen LogP contribution in [0.15, 0.2) is 59.7 Å². The van der Waals surface area contributed by atoms with Gasteiger partial charge in [-0.2, -0.15) is 10.5 Å². The highest BCUT2D eigenvalue weighted by atomic mass is 32.1. The van der Waals surface area contributed by atoms with Crippen LogP contribution in [0.2, 0.25) is 0 Å². The quantitative estimate of drug-likeness (QED) is 0.0981. The van der Waals surface area contributed by atoms with Gasteiger partial charge in [0.1, 0.15) is 34.8 Å². The first-order valence-electron chi connectivity index (χ1n) is 17.1. The second-order valence-corrected chi connectivity index (χ2v) is 16.7. The summed E-state index contributed by atoms with van der Waals surface area (Å²) in [7, 11) is 0. The highest BCUT2D eigenvalue weighted by Gasteiger charge is 2.42. The molecular weight excluding hydrogens is 745 g/mol. The average molecular weight is 767 g/mol. The SMILES string of the molecule is [C-]#[N+]c1cc2c(cc1[N+]#[C-])C(=O)C(=Cc1cc3c(s1)-c1cc4c(cc1C(C)(C)O3)-c1sc(C=C3C(=O)c5cc(C#N)c(C#N)cc5C3=O)cc1OC4(C)C)C2=O. The lowest BCUT2D eigenvalue weighted by atomic mass is 9.81. The number of hydrogen-bond acceptors (Lipinski definition) is 10. The third kappa shape index (κ3) is 4.81. The molecule has 56 heavy (non-hydrogen) atoms. The monoisotopic (exact) mass is 766 g/mol. The van der Waals surface area contributed by atoms with E-state index in [9.17, 15) is 29.7 Å². The van der Waals surface area contributed by atoms with Gasteiger partial charge in [-0.3, -0.25) is 28.9 Å². The average Bonchev–Trinajstić information content (AvgIpc) is 3.89. The lowest BCUT2D eigenvalue weighted by Gasteiger charge is -2.38. The third-order valence-corrected chi connectivity index (χ3v) is 12.6. The summed E-state index contributed by atoms with van der Waals surface area (Å²) >= 11 is 2.74. The molecule has 5 aromatic rings. The van der Waals surface area contributed by atoms with Crippen molar-refractivity contribution < 1.29 is 28.7 Å². The molecular formula is C44H22N4O6S2. The largest absolute Gasteiger partial charge is 0.482 e. The van der Waals surface area contributed by atoms with Crippen LogP contribution in [0.1, 0.15) is 101 Å². The number of nitriles is 2. The number of ketones is 4. The standard InChI is InChI=1S/C44H22N4O6S2/c1-43(2)31-14-28-32(13-27(31)41-35(53-43)11-21(55-41)9-29-37(49)23-7-19(17-45)20(18-46)8-24(23)38(29)50)44(3,4)54-36-12-22(56-42(28)36)10-30-39(51)25-15-33(47-5)34(48-6)16-26(25)40(30)52/h7-16H,1-4H3. The lowest BCUT2D eigenvalue weighted by Crippen LogP contribution is -2.32. The molecule has 2 aliphatic heterocycles. The van der Waals surface area contributed by atoms with Crippen molar-refractivity contribution in [3.63, 3.8) is 0 Å². The van der Waals surface area contributed by atoms with Gasteiger partial charge >= 0.3 is 0 Å². The Bertz CT molecular complexity index is 2740. The van der Waals surface area contributed by atoms with Crippen molar-refractivity contribution in [2.75, 3.05) is 0 Å².